The minimum absolute atomic E-state index is 0.657. The van der Waals surface area contributed by atoms with E-state index in [1.54, 1.807) is 11.3 Å². The molecule has 3 heteroatoms. The van der Waals surface area contributed by atoms with Crippen molar-refractivity contribution in [1.29, 1.82) is 0 Å². The lowest BCUT2D eigenvalue weighted by atomic mass is 10.2. The second kappa shape index (κ2) is 4.72. The molecule has 0 spiro atoms. The molecule has 2 nitrogen and oxygen atoms in total. The molecular formula is C14H14N2S. The van der Waals surface area contributed by atoms with Crippen LogP contribution in [0.5, 0.6) is 0 Å². The Kier molecular flexibility index (Phi) is 2.92. The van der Waals surface area contributed by atoms with Crippen LogP contribution in [0.4, 0.5) is 5.69 Å². The predicted molar refractivity (Wildman–Crippen MR) is 73.6 cm³/mol. The molecular weight excluding hydrogens is 228 g/mol. The molecule has 86 valence electrons. The first-order valence-electron chi connectivity index (χ1n) is 5.86. The van der Waals surface area contributed by atoms with E-state index in [9.17, 15) is 0 Å². The molecule has 0 aliphatic heterocycles. The van der Waals surface area contributed by atoms with E-state index < -0.39 is 0 Å². The third kappa shape index (κ3) is 2.56. The minimum Gasteiger partial charge on any atom is -0.278 e. The van der Waals surface area contributed by atoms with Gasteiger partial charge in [-0.3, -0.25) is 5.43 Å². The molecule has 0 radical (unpaired) electrons. The van der Waals surface area contributed by atoms with Gasteiger partial charge in [-0.25, -0.2) is 0 Å². The molecule has 3 rings (SSSR count). The molecule has 2 aromatic rings. The molecule has 1 saturated carbocycles. The van der Waals surface area contributed by atoms with Crippen molar-refractivity contribution < 1.29 is 0 Å². The van der Waals surface area contributed by atoms with Gasteiger partial charge in [-0.1, -0.05) is 24.3 Å². The monoisotopic (exact) mass is 242 g/mol. The summed E-state index contributed by atoms with van der Waals surface area (Å²) in [4.78, 5) is 1.29. The zero-order valence-electron chi connectivity index (χ0n) is 9.47. The number of anilines is 1. The molecule has 0 amide bonds. The van der Waals surface area contributed by atoms with Crippen LogP contribution in [-0.2, 0) is 0 Å². The first kappa shape index (κ1) is 10.5. The van der Waals surface area contributed by atoms with E-state index in [1.165, 1.54) is 23.4 Å². The number of hydrazone groups is 1. The third-order valence-electron chi connectivity index (χ3n) is 2.82. The topological polar surface area (TPSA) is 24.4 Å². The SMILES string of the molecule is c1ccc(NN=C(c2cccs2)C2CC2)cc1. The van der Waals surface area contributed by atoms with E-state index in [4.69, 9.17) is 0 Å². The number of nitrogens with one attached hydrogen (secondary N) is 1. The Bertz CT molecular complexity index is 498. The number of hydrogen-bond donors (Lipinski definition) is 1. The number of para-hydroxylation sites is 1. The fourth-order valence-corrected chi connectivity index (χ4v) is 2.56. The van der Waals surface area contributed by atoms with Crippen LogP contribution < -0.4 is 5.43 Å². The summed E-state index contributed by atoms with van der Waals surface area (Å²) in [7, 11) is 0. The number of thiophene rings is 1. The van der Waals surface area contributed by atoms with Crippen molar-refractivity contribution in [2.75, 3.05) is 5.43 Å². The van der Waals surface area contributed by atoms with E-state index >= 15 is 0 Å². The lowest BCUT2D eigenvalue weighted by Crippen LogP contribution is -2.04. The summed E-state index contributed by atoms with van der Waals surface area (Å²) in [5, 5.41) is 6.68. The number of hydrogen-bond acceptors (Lipinski definition) is 3. The van der Waals surface area contributed by atoms with Crippen LogP contribution in [0.25, 0.3) is 0 Å². The maximum atomic E-state index is 4.58. The summed E-state index contributed by atoms with van der Waals surface area (Å²) < 4.78 is 0. The lowest BCUT2D eigenvalue weighted by Gasteiger charge is -2.04. The van der Waals surface area contributed by atoms with E-state index in [0.29, 0.717) is 5.92 Å². The van der Waals surface area contributed by atoms with Crippen molar-refractivity contribution in [2.45, 2.75) is 12.8 Å². The van der Waals surface area contributed by atoms with E-state index in [1.807, 2.05) is 30.3 Å². The predicted octanol–water partition coefficient (Wildman–Crippen LogP) is 3.97. The average Bonchev–Trinajstić information content (AvgIpc) is 3.06. The van der Waals surface area contributed by atoms with Gasteiger partial charge in [-0.2, -0.15) is 5.10 Å². The molecule has 17 heavy (non-hydrogen) atoms. The van der Waals surface area contributed by atoms with Crippen LogP contribution in [0, 0.1) is 5.92 Å². The first-order valence-corrected chi connectivity index (χ1v) is 6.74. The summed E-state index contributed by atoms with van der Waals surface area (Å²) >= 11 is 1.76. The molecule has 1 heterocycles. The van der Waals surface area contributed by atoms with Gasteiger partial charge in [-0.05, 0) is 36.4 Å². The normalized spacial score (nSPS) is 15.9. The third-order valence-corrected chi connectivity index (χ3v) is 3.71. The first-order chi connectivity index (χ1) is 8.43. The van der Waals surface area contributed by atoms with Gasteiger partial charge in [0.1, 0.15) is 0 Å². The van der Waals surface area contributed by atoms with Gasteiger partial charge in [0.15, 0.2) is 0 Å². The minimum atomic E-state index is 0.657. The van der Waals surface area contributed by atoms with Crippen LogP contribution in [0.2, 0.25) is 0 Å². The Morgan fingerprint density at radius 1 is 1.12 bits per heavy atom. The van der Waals surface area contributed by atoms with Gasteiger partial charge < -0.3 is 0 Å². The Hall–Kier alpha value is -1.61. The standard InChI is InChI=1S/C14H14N2S/c1-2-5-12(6-3-1)15-16-14(11-8-9-11)13-7-4-10-17-13/h1-7,10-11,15H,8-9H2. The molecule has 1 N–H and O–H groups in total. The molecule has 0 atom stereocenters. The molecule has 1 aliphatic rings. The Morgan fingerprint density at radius 2 is 1.94 bits per heavy atom. The lowest BCUT2D eigenvalue weighted by molar-refractivity contribution is 1.16. The van der Waals surface area contributed by atoms with E-state index in [2.05, 4.69) is 28.0 Å². The van der Waals surface area contributed by atoms with Crippen molar-refractivity contribution in [2.24, 2.45) is 11.0 Å². The summed E-state index contributed by atoms with van der Waals surface area (Å²) in [6.45, 7) is 0. The fourth-order valence-electron chi connectivity index (χ4n) is 1.77. The van der Waals surface area contributed by atoms with Crippen LogP contribution in [0.15, 0.2) is 52.9 Å². The largest absolute Gasteiger partial charge is 0.278 e. The average molecular weight is 242 g/mol. The zero-order valence-corrected chi connectivity index (χ0v) is 10.3. The molecule has 0 unspecified atom stereocenters. The van der Waals surface area contributed by atoms with Crippen LogP contribution in [0.3, 0.4) is 0 Å². The quantitative estimate of drug-likeness (QED) is 0.636. The van der Waals surface area contributed by atoms with E-state index in [-0.39, 0.29) is 0 Å². The highest BCUT2D eigenvalue weighted by Crippen LogP contribution is 2.34. The molecule has 1 fully saturated rings. The molecule has 0 bridgehead atoms. The summed E-state index contributed by atoms with van der Waals surface area (Å²) in [6, 6.07) is 14.3. The zero-order chi connectivity index (χ0) is 11.5. The van der Waals surface area contributed by atoms with Crippen LogP contribution in [0.1, 0.15) is 17.7 Å². The fraction of sp³-hybridized carbons (Fsp3) is 0.214. The number of nitrogens with zero attached hydrogens (tertiary/aromatic N) is 1. The highest BCUT2D eigenvalue weighted by Gasteiger charge is 2.29. The van der Waals surface area contributed by atoms with Crippen molar-refractivity contribution in [1.82, 2.24) is 0 Å². The highest BCUT2D eigenvalue weighted by atomic mass is 32.1. The molecule has 0 saturated heterocycles. The highest BCUT2D eigenvalue weighted by molar-refractivity contribution is 7.12. The van der Waals surface area contributed by atoms with Gasteiger partial charge in [0.2, 0.25) is 0 Å². The summed E-state index contributed by atoms with van der Waals surface area (Å²) in [5.41, 5.74) is 5.40. The Morgan fingerprint density at radius 3 is 2.59 bits per heavy atom. The van der Waals surface area contributed by atoms with Crippen LogP contribution in [-0.4, -0.2) is 5.71 Å². The smallest absolute Gasteiger partial charge is 0.0809 e. The van der Waals surface area contributed by atoms with Gasteiger partial charge in [0.05, 0.1) is 16.3 Å². The van der Waals surface area contributed by atoms with Gasteiger partial charge in [-0.15, -0.1) is 11.3 Å². The second-order valence-corrected chi connectivity index (χ2v) is 5.17. The van der Waals surface area contributed by atoms with Gasteiger partial charge >= 0.3 is 0 Å². The molecule has 1 aromatic carbocycles. The summed E-state index contributed by atoms with van der Waals surface area (Å²) in [5.74, 6) is 0.657. The molecule has 1 aliphatic carbocycles. The van der Waals surface area contributed by atoms with Gasteiger partial charge in [0.25, 0.3) is 0 Å². The number of rotatable bonds is 4. The van der Waals surface area contributed by atoms with E-state index in [0.717, 1.165) is 5.69 Å². The van der Waals surface area contributed by atoms with Crippen LogP contribution >= 0.6 is 11.3 Å². The van der Waals surface area contributed by atoms with Crippen molar-refractivity contribution in [3.8, 4) is 0 Å². The van der Waals surface area contributed by atoms with Crippen molar-refractivity contribution in [3.05, 3.63) is 52.7 Å². The molecule has 1 aromatic heterocycles. The van der Waals surface area contributed by atoms with Crippen molar-refractivity contribution >= 4 is 22.7 Å². The Balaban J connectivity index is 1.80. The maximum Gasteiger partial charge on any atom is 0.0809 e. The second-order valence-electron chi connectivity index (χ2n) is 4.23. The van der Waals surface area contributed by atoms with Crippen molar-refractivity contribution in [3.63, 3.8) is 0 Å². The summed E-state index contributed by atoms with van der Waals surface area (Å²) in [6.07, 6.45) is 2.54. The van der Waals surface area contributed by atoms with Gasteiger partial charge in [0, 0.05) is 5.92 Å². The maximum absolute atomic E-state index is 4.58. The number of benzene rings is 1. The Labute approximate surface area is 105 Å².